The largest absolute Gasteiger partial charge is 0.508 e. The zero-order valence-corrected chi connectivity index (χ0v) is 18.4. The number of carbonyl (C=O) groups is 1. The first-order chi connectivity index (χ1) is 16.6. The van der Waals surface area contributed by atoms with Gasteiger partial charge in [0.2, 0.25) is 0 Å². The van der Waals surface area contributed by atoms with Gasteiger partial charge in [-0.05, 0) is 60.0 Å². The topological polar surface area (TPSA) is 107 Å². The van der Waals surface area contributed by atoms with Crippen molar-refractivity contribution in [1.29, 1.82) is 0 Å². The first-order valence-corrected chi connectivity index (χ1v) is 11.0. The van der Waals surface area contributed by atoms with E-state index in [1.54, 1.807) is 31.6 Å². The summed E-state index contributed by atoms with van der Waals surface area (Å²) in [5, 5.41) is 18.2. The molecular formula is C26H22N4O4. The smallest absolute Gasteiger partial charge is 0.275 e. The fourth-order valence-electron chi connectivity index (χ4n) is 4.76. The molecule has 1 amide bonds. The Bertz CT molecular complexity index is 1480. The number of carbonyl (C=O) groups excluding carboxylic acids is 1. The monoisotopic (exact) mass is 454 g/mol. The second-order valence-electron chi connectivity index (χ2n) is 8.31. The number of nitrogens with zero attached hydrogens (tertiary/aromatic N) is 2. The van der Waals surface area contributed by atoms with Gasteiger partial charge in [-0.1, -0.05) is 12.1 Å². The summed E-state index contributed by atoms with van der Waals surface area (Å²) in [6.07, 6.45) is 4.23. The van der Waals surface area contributed by atoms with Gasteiger partial charge in [0.1, 0.15) is 17.2 Å². The minimum absolute atomic E-state index is 0.139. The van der Waals surface area contributed by atoms with Crippen molar-refractivity contribution in [2.75, 3.05) is 13.7 Å². The fraction of sp³-hybridized carbons (Fsp3) is 0.154. The Hall–Kier alpha value is -4.46. The summed E-state index contributed by atoms with van der Waals surface area (Å²) in [7, 11) is 1.65. The van der Waals surface area contributed by atoms with Gasteiger partial charge in [-0.3, -0.25) is 9.89 Å². The molecule has 8 nitrogen and oxygen atoms in total. The van der Waals surface area contributed by atoms with Gasteiger partial charge in [0.25, 0.3) is 5.91 Å². The number of rotatable bonds is 6. The highest BCUT2D eigenvalue weighted by atomic mass is 16.5. The maximum Gasteiger partial charge on any atom is 0.275 e. The molecule has 2 aromatic carbocycles. The minimum atomic E-state index is -0.360. The first-order valence-electron chi connectivity index (χ1n) is 11.0. The van der Waals surface area contributed by atoms with Crippen molar-refractivity contribution in [1.82, 2.24) is 20.1 Å². The van der Waals surface area contributed by atoms with E-state index >= 15 is 0 Å². The standard InChI is InChI=1S/C26H22N4O4/c1-33-18-8-9-20-19(13-18)16(14-27-20)10-11-30-25(15-4-6-17(31)7-5-15)22-23(21-3-2-12-34-21)28-29-24(22)26(30)32/h2-9,12-14,25,27,31H,10-11H2,1H3,(H,28,29)/t25-/m1/s1. The maximum atomic E-state index is 13.5. The van der Waals surface area contributed by atoms with Crippen molar-refractivity contribution in [3.05, 3.63) is 89.4 Å². The average Bonchev–Trinajstić information content (AvgIpc) is 3.64. The van der Waals surface area contributed by atoms with E-state index in [0.29, 0.717) is 30.1 Å². The predicted molar refractivity (Wildman–Crippen MR) is 126 cm³/mol. The van der Waals surface area contributed by atoms with Crippen LogP contribution in [0.5, 0.6) is 11.5 Å². The van der Waals surface area contributed by atoms with E-state index < -0.39 is 0 Å². The van der Waals surface area contributed by atoms with Crippen LogP contribution < -0.4 is 4.74 Å². The Balaban J connectivity index is 1.39. The molecule has 0 saturated carbocycles. The molecule has 1 aliphatic rings. The quantitative estimate of drug-likeness (QED) is 0.346. The minimum Gasteiger partial charge on any atom is -0.508 e. The molecule has 0 unspecified atom stereocenters. The second kappa shape index (κ2) is 7.84. The Morgan fingerprint density at radius 3 is 2.79 bits per heavy atom. The summed E-state index contributed by atoms with van der Waals surface area (Å²) in [5.74, 6) is 1.44. The number of aromatic hydroxyl groups is 1. The lowest BCUT2D eigenvalue weighted by Crippen LogP contribution is -2.31. The van der Waals surface area contributed by atoms with Crippen molar-refractivity contribution in [2.24, 2.45) is 0 Å². The number of fused-ring (bicyclic) bond motifs is 2. The number of phenols is 1. The summed E-state index contributed by atoms with van der Waals surface area (Å²) in [5.41, 5.74) is 4.87. The van der Waals surface area contributed by atoms with Gasteiger partial charge < -0.3 is 24.1 Å². The van der Waals surface area contributed by atoms with Crippen LogP contribution in [0.1, 0.15) is 33.2 Å². The molecule has 0 fully saturated rings. The number of hydrogen-bond acceptors (Lipinski definition) is 5. The third-order valence-electron chi connectivity index (χ3n) is 6.43. The van der Waals surface area contributed by atoms with Crippen LogP contribution in [0.3, 0.4) is 0 Å². The van der Waals surface area contributed by atoms with Crippen LogP contribution in [-0.4, -0.2) is 44.7 Å². The predicted octanol–water partition coefficient (Wildman–Crippen LogP) is 4.65. The molecule has 5 aromatic rings. The number of nitrogens with one attached hydrogen (secondary N) is 2. The number of furan rings is 1. The third kappa shape index (κ3) is 3.14. The number of aromatic nitrogens is 3. The van der Waals surface area contributed by atoms with Crippen molar-refractivity contribution >= 4 is 16.8 Å². The second-order valence-corrected chi connectivity index (χ2v) is 8.31. The fourth-order valence-corrected chi connectivity index (χ4v) is 4.76. The molecule has 0 aliphatic carbocycles. The first kappa shape index (κ1) is 20.2. The number of hydrogen-bond donors (Lipinski definition) is 3. The molecule has 3 aromatic heterocycles. The van der Waals surface area contributed by atoms with Crippen molar-refractivity contribution in [2.45, 2.75) is 12.5 Å². The van der Waals surface area contributed by atoms with Crippen molar-refractivity contribution in [3.8, 4) is 23.0 Å². The van der Waals surface area contributed by atoms with Gasteiger partial charge >= 0.3 is 0 Å². The third-order valence-corrected chi connectivity index (χ3v) is 6.43. The Kier molecular flexibility index (Phi) is 4.65. The number of benzene rings is 2. The van der Waals surface area contributed by atoms with E-state index in [2.05, 4.69) is 15.2 Å². The van der Waals surface area contributed by atoms with Crippen molar-refractivity contribution in [3.63, 3.8) is 0 Å². The number of H-pyrrole nitrogens is 2. The van der Waals surface area contributed by atoms with E-state index in [1.165, 1.54) is 0 Å². The molecule has 0 spiro atoms. The molecule has 4 heterocycles. The van der Waals surface area contributed by atoms with E-state index in [9.17, 15) is 9.90 Å². The molecule has 8 heteroatoms. The lowest BCUT2D eigenvalue weighted by atomic mass is 9.97. The van der Waals surface area contributed by atoms with Crippen LogP contribution in [0, 0.1) is 0 Å². The molecule has 6 rings (SSSR count). The van der Waals surface area contributed by atoms with Crippen LogP contribution in [0.2, 0.25) is 0 Å². The van der Waals surface area contributed by atoms with Gasteiger partial charge in [0.05, 0.1) is 19.4 Å². The number of methoxy groups -OCH3 is 1. The highest BCUT2D eigenvalue weighted by Crippen LogP contribution is 2.43. The molecule has 1 aliphatic heterocycles. The van der Waals surface area contributed by atoms with Gasteiger partial charge in [0, 0.05) is 29.2 Å². The number of aromatic amines is 2. The summed E-state index contributed by atoms with van der Waals surface area (Å²) in [6.45, 7) is 0.489. The highest BCUT2D eigenvalue weighted by Gasteiger charge is 2.42. The lowest BCUT2D eigenvalue weighted by Gasteiger charge is -2.26. The van der Waals surface area contributed by atoms with E-state index in [1.807, 2.05) is 47.5 Å². The summed E-state index contributed by atoms with van der Waals surface area (Å²) >= 11 is 0. The van der Waals surface area contributed by atoms with Crippen LogP contribution in [-0.2, 0) is 6.42 Å². The summed E-state index contributed by atoms with van der Waals surface area (Å²) < 4.78 is 11.0. The maximum absolute atomic E-state index is 13.5. The highest BCUT2D eigenvalue weighted by molar-refractivity contribution is 6.00. The molecule has 3 N–H and O–H groups in total. The molecule has 34 heavy (non-hydrogen) atoms. The number of phenolic OH excluding ortho intramolecular Hbond substituents is 1. The molecule has 0 bridgehead atoms. The zero-order chi connectivity index (χ0) is 23.2. The van der Waals surface area contributed by atoms with Crippen LogP contribution in [0.15, 0.2) is 71.5 Å². The van der Waals surface area contributed by atoms with Gasteiger partial charge in [-0.15, -0.1) is 0 Å². The SMILES string of the molecule is COc1ccc2[nH]cc(CCN3C(=O)c4n[nH]c(-c5ccco5)c4[C@H]3c3ccc(O)cc3)c2c1. The van der Waals surface area contributed by atoms with Crippen LogP contribution >= 0.6 is 0 Å². The lowest BCUT2D eigenvalue weighted by molar-refractivity contribution is 0.0746. The zero-order valence-electron chi connectivity index (χ0n) is 18.4. The molecule has 170 valence electrons. The summed E-state index contributed by atoms with van der Waals surface area (Å²) in [6, 6.07) is 16.1. The normalized spacial score (nSPS) is 15.3. The Morgan fingerprint density at radius 2 is 2.03 bits per heavy atom. The number of ether oxygens (including phenoxy) is 1. The van der Waals surface area contributed by atoms with Crippen LogP contribution in [0.4, 0.5) is 0 Å². The van der Waals surface area contributed by atoms with Gasteiger partial charge in [-0.2, -0.15) is 5.10 Å². The molecule has 1 atom stereocenters. The van der Waals surface area contributed by atoms with Crippen LogP contribution in [0.25, 0.3) is 22.4 Å². The molecule has 0 radical (unpaired) electrons. The summed E-state index contributed by atoms with van der Waals surface area (Å²) in [4.78, 5) is 18.6. The van der Waals surface area contributed by atoms with Gasteiger partial charge in [-0.25, -0.2) is 0 Å². The average molecular weight is 454 g/mol. The Labute approximate surface area is 194 Å². The Morgan fingerprint density at radius 1 is 1.18 bits per heavy atom. The van der Waals surface area contributed by atoms with E-state index in [-0.39, 0.29) is 17.7 Å². The van der Waals surface area contributed by atoms with Crippen molar-refractivity contribution < 1.29 is 19.1 Å². The van der Waals surface area contributed by atoms with E-state index in [4.69, 9.17) is 9.15 Å². The van der Waals surface area contributed by atoms with Gasteiger partial charge in [0.15, 0.2) is 11.5 Å². The molecule has 0 saturated heterocycles. The number of amides is 1. The molecular weight excluding hydrogens is 432 g/mol. The van der Waals surface area contributed by atoms with E-state index in [0.717, 1.165) is 33.3 Å².